The molecule has 1 unspecified atom stereocenters. The molecule has 0 radical (unpaired) electrons. The van der Waals surface area contributed by atoms with Gasteiger partial charge in [-0.1, -0.05) is 12.1 Å². The fourth-order valence-corrected chi connectivity index (χ4v) is 1.43. The normalized spacial score (nSPS) is 13.4. The average molecular weight is 280 g/mol. The molecule has 0 aliphatic carbocycles. The molecule has 0 saturated carbocycles. The highest BCUT2D eigenvalue weighted by Crippen LogP contribution is 2.21. The van der Waals surface area contributed by atoms with E-state index in [4.69, 9.17) is 5.73 Å². The maximum Gasteiger partial charge on any atom is 0.342 e. The maximum absolute atomic E-state index is 13.6. The Morgan fingerprint density at radius 2 is 2.11 bits per heavy atom. The molecule has 1 aromatic rings. The van der Waals surface area contributed by atoms with Gasteiger partial charge in [0.2, 0.25) is 6.17 Å². The molecule has 0 aliphatic rings. The fourth-order valence-electron chi connectivity index (χ4n) is 1.43. The molecule has 2 atom stereocenters. The van der Waals surface area contributed by atoms with E-state index >= 15 is 0 Å². The van der Waals surface area contributed by atoms with Crippen LogP contribution in [0.3, 0.4) is 0 Å². The Bertz CT molecular complexity index is 415. The lowest BCUT2D eigenvalue weighted by Crippen LogP contribution is -2.32. The third-order valence-corrected chi connectivity index (χ3v) is 2.34. The maximum atomic E-state index is 13.6. The molecule has 0 fully saturated rings. The number of benzene rings is 1. The zero-order chi connectivity index (χ0) is 13.0. The van der Waals surface area contributed by atoms with E-state index in [9.17, 15) is 13.6 Å². The van der Waals surface area contributed by atoms with Crippen molar-refractivity contribution < 1.29 is 18.3 Å². The molecule has 0 aromatic heterocycles. The van der Waals surface area contributed by atoms with Crippen molar-refractivity contribution in [3.8, 4) is 0 Å². The van der Waals surface area contributed by atoms with E-state index in [0.29, 0.717) is 5.56 Å². The molecule has 18 heavy (non-hydrogen) atoms. The molecule has 6 heteroatoms. The minimum absolute atomic E-state index is 0. The third kappa shape index (κ3) is 3.92. The van der Waals surface area contributed by atoms with Crippen molar-refractivity contribution in [3.05, 3.63) is 35.1 Å². The summed E-state index contributed by atoms with van der Waals surface area (Å²) in [6.07, 6.45) is -2.06. The van der Waals surface area contributed by atoms with Gasteiger partial charge in [0.15, 0.2) is 0 Å². The van der Waals surface area contributed by atoms with Crippen LogP contribution in [0, 0.1) is 12.7 Å². The molecule has 0 saturated heterocycles. The molecule has 0 bridgehead atoms. The number of hydrogen-bond donors (Lipinski definition) is 1. The van der Waals surface area contributed by atoms with Gasteiger partial charge < -0.3 is 10.5 Å². The number of esters is 1. The largest absolute Gasteiger partial charge is 0.464 e. The molecule has 2 N–H and O–H groups in total. The van der Waals surface area contributed by atoms with Crippen molar-refractivity contribution in [2.45, 2.75) is 26.1 Å². The average Bonchev–Trinajstić information content (AvgIpc) is 2.27. The van der Waals surface area contributed by atoms with Crippen molar-refractivity contribution in [2.75, 3.05) is 6.61 Å². The summed E-state index contributed by atoms with van der Waals surface area (Å²) in [5.74, 6) is -1.69. The first-order valence-electron chi connectivity index (χ1n) is 5.29. The van der Waals surface area contributed by atoms with Crippen LogP contribution < -0.4 is 5.73 Å². The summed E-state index contributed by atoms with van der Waals surface area (Å²) in [5.41, 5.74) is 6.17. The molecule has 102 valence electrons. The highest BCUT2D eigenvalue weighted by Gasteiger charge is 2.29. The number of rotatable bonds is 4. The molecule has 0 spiro atoms. The summed E-state index contributed by atoms with van der Waals surface area (Å²) in [5, 5.41) is 0. The Morgan fingerprint density at radius 1 is 1.50 bits per heavy atom. The van der Waals surface area contributed by atoms with Crippen LogP contribution in [0.4, 0.5) is 8.78 Å². The highest BCUT2D eigenvalue weighted by molar-refractivity contribution is 5.85. The number of hydrogen-bond acceptors (Lipinski definition) is 3. The number of carbonyl (C=O) groups is 1. The molecule has 3 nitrogen and oxygen atoms in total. The van der Waals surface area contributed by atoms with Crippen LogP contribution in [-0.4, -0.2) is 18.7 Å². The van der Waals surface area contributed by atoms with Gasteiger partial charge in [0, 0.05) is 5.56 Å². The van der Waals surface area contributed by atoms with E-state index in [1.165, 1.54) is 12.1 Å². The van der Waals surface area contributed by atoms with Gasteiger partial charge in [-0.3, -0.25) is 0 Å². The first-order valence-corrected chi connectivity index (χ1v) is 5.29. The van der Waals surface area contributed by atoms with Gasteiger partial charge in [-0.05, 0) is 25.5 Å². The standard InChI is InChI=1S/C12H15F2NO2.ClH/c1-3-17-12(16)10(14)11(15)8-5-4-7(2)6-9(8)13;/h4-6,10-11H,3,15H2,1-2H3;1H/t10?,11-;/m1./s1. The highest BCUT2D eigenvalue weighted by atomic mass is 35.5. The van der Waals surface area contributed by atoms with Crippen molar-refractivity contribution in [2.24, 2.45) is 5.73 Å². The fraction of sp³-hybridized carbons (Fsp3) is 0.417. The molecular formula is C12H16ClF2NO2. The third-order valence-electron chi connectivity index (χ3n) is 2.34. The van der Waals surface area contributed by atoms with E-state index in [2.05, 4.69) is 4.74 Å². The molecule has 0 heterocycles. The predicted molar refractivity (Wildman–Crippen MR) is 66.8 cm³/mol. The van der Waals surface area contributed by atoms with E-state index in [-0.39, 0.29) is 24.6 Å². The number of aryl methyl sites for hydroxylation is 1. The second-order valence-corrected chi connectivity index (χ2v) is 3.70. The molecule has 0 amide bonds. The van der Waals surface area contributed by atoms with Crippen LogP contribution in [0.5, 0.6) is 0 Å². The van der Waals surface area contributed by atoms with Crippen molar-refractivity contribution in [3.63, 3.8) is 0 Å². The molecule has 0 aliphatic heterocycles. The quantitative estimate of drug-likeness (QED) is 0.862. The van der Waals surface area contributed by atoms with Crippen molar-refractivity contribution >= 4 is 18.4 Å². The number of halogens is 3. The second kappa shape index (κ2) is 7.28. The lowest BCUT2D eigenvalue weighted by atomic mass is 10.0. The van der Waals surface area contributed by atoms with Crippen LogP contribution in [0.1, 0.15) is 24.1 Å². The summed E-state index contributed by atoms with van der Waals surface area (Å²) in [7, 11) is 0. The zero-order valence-corrected chi connectivity index (χ0v) is 11.0. The Balaban J connectivity index is 0.00000289. The Labute approximate surface area is 111 Å². The van der Waals surface area contributed by atoms with E-state index in [1.807, 2.05) is 0 Å². The zero-order valence-electron chi connectivity index (χ0n) is 10.2. The topological polar surface area (TPSA) is 52.3 Å². The number of nitrogens with two attached hydrogens (primary N) is 1. The van der Waals surface area contributed by atoms with Gasteiger partial charge in [-0.25, -0.2) is 13.6 Å². The molecule has 1 rings (SSSR count). The smallest absolute Gasteiger partial charge is 0.342 e. The first kappa shape index (κ1) is 16.8. The van der Waals surface area contributed by atoms with Crippen LogP contribution >= 0.6 is 12.4 Å². The van der Waals surface area contributed by atoms with Crippen LogP contribution in [-0.2, 0) is 9.53 Å². The summed E-state index contributed by atoms with van der Waals surface area (Å²) < 4.78 is 31.6. The van der Waals surface area contributed by atoms with E-state index in [0.717, 1.165) is 0 Å². The van der Waals surface area contributed by atoms with Crippen LogP contribution in [0.25, 0.3) is 0 Å². The summed E-state index contributed by atoms with van der Waals surface area (Å²) in [4.78, 5) is 11.1. The van der Waals surface area contributed by atoms with Gasteiger partial charge >= 0.3 is 5.97 Å². The van der Waals surface area contributed by atoms with Gasteiger partial charge in [0.25, 0.3) is 0 Å². The number of carbonyl (C=O) groups excluding carboxylic acids is 1. The SMILES string of the molecule is CCOC(=O)C(F)[C@H](N)c1ccc(C)cc1F.Cl. The monoisotopic (exact) mass is 279 g/mol. The molecular weight excluding hydrogens is 264 g/mol. The minimum atomic E-state index is -2.06. The van der Waals surface area contributed by atoms with Gasteiger partial charge in [0.05, 0.1) is 12.6 Å². The minimum Gasteiger partial charge on any atom is -0.464 e. The molecule has 1 aromatic carbocycles. The summed E-state index contributed by atoms with van der Waals surface area (Å²) in [6, 6.07) is 2.87. The Hall–Kier alpha value is -1.20. The summed E-state index contributed by atoms with van der Waals surface area (Å²) >= 11 is 0. The van der Waals surface area contributed by atoms with Gasteiger partial charge in [-0.2, -0.15) is 0 Å². The van der Waals surface area contributed by atoms with Crippen molar-refractivity contribution in [1.82, 2.24) is 0 Å². The Kier molecular flexibility index (Phi) is 6.80. The lowest BCUT2D eigenvalue weighted by molar-refractivity contribution is -0.149. The summed E-state index contributed by atoms with van der Waals surface area (Å²) in [6.45, 7) is 3.32. The predicted octanol–water partition coefficient (Wildman–Crippen LogP) is 2.46. The Morgan fingerprint density at radius 3 is 2.61 bits per heavy atom. The first-order chi connectivity index (χ1) is 7.97. The van der Waals surface area contributed by atoms with Crippen molar-refractivity contribution in [1.29, 1.82) is 0 Å². The lowest BCUT2D eigenvalue weighted by Gasteiger charge is -2.16. The van der Waals surface area contributed by atoms with E-state index in [1.54, 1.807) is 19.9 Å². The van der Waals surface area contributed by atoms with Crippen LogP contribution in [0.15, 0.2) is 18.2 Å². The number of ether oxygens (including phenoxy) is 1. The second-order valence-electron chi connectivity index (χ2n) is 3.70. The van der Waals surface area contributed by atoms with E-state index < -0.39 is 24.0 Å². The number of alkyl halides is 1. The van der Waals surface area contributed by atoms with Gasteiger partial charge in [-0.15, -0.1) is 12.4 Å². The van der Waals surface area contributed by atoms with Crippen LogP contribution in [0.2, 0.25) is 0 Å². The van der Waals surface area contributed by atoms with Gasteiger partial charge in [0.1, 0.15) is 5.82 Å².